The molecule has 1 unspecified atom stereocenters. The van der Waals surface area contributed by atoms with Gasteiger partial charge in [0, 0.05) is 17.6 Å². The minimum Gasteiger partial charge on any atom is -0.493 e. The molecule has 112 valence electrons. The van der Waals surface area contributed by atoms with E-state index in [0.717, 1.165) is 24.3 Å². The maximum absolute atomic E-state index is 6.02. The predicted molar refractivity (Wildman–Crippen MR) is 84.2 cm³/mol. The number of nitrogens with two attached hydrogens (primary N) is 1. The van der Waals surface area contributed by atoms with Crippen molar-refractivity contribution < 1.29 is 4.74 Å². The van der Waals surface area contributed by atoms with Gasteiger partial charge in [-0.2, -0.15) is 0 Å². The van der Waals surface area contributed by atoms with Crippen molar-refractivity contribution in [2.24, 2.45) is 5.73 Å². The molecule has 1 saturated heterocycles. The smallest absolute Gasteiger partial charge is 0.124 e. The number of aryl methyl sites for hydroxylation is 1. The summed E-state index contributed by atoms with van der Waals surface area (Å²) in [6.45, 7) is 6.09. The van der Waals surface area contributed by atoms with Crippen LogP contribution in [0.1, 0.15) is 49.8 Å². The van der Waals surface area contributed by atoms with Crippen molar-refractivity contribution in [3.63, 3.8) is 0 Å². The first-order chi connectivity index (χ1) is 9.58. The van der Waals surface area contributed by atoms with Gasteiger partial charge in [0.05, 0.1) is 6.61 Å². The molecule has 2 N–H and O–H groups in total. The summed E-state index contributed by atoms with van der Waals surface area (Å²) in [7, 11) is 2.23. The minimum atomic E-state index is 0.0166. The summed E-state index contributed by atoms with van der Waals surface area (Å²) in [4.78, 5) is 2.47. The van der Waals surface area contributed by atoms with E-state index in [9.17, 15) is 0 Å². The van der Waals surface area contributed by atoms with Crippen molar-refractivity contribution in [2.75, 3.05) is 20.2 Å². The van der Waals surface area contributed by atoms with Crippen LogP contribution in [0.15, 0.2) is 18.2 Å². The molecule has 0 radical (unpaired) electrons. The Bertz CT molecular complexity index is 431. The molecule has 2 atom stereocenters. The molecule has 1 fully saturated rings. The van der Waals surface area contributed by atoms with Gasteiger partial charge in [-0.05, 0) is 58.3 Å². The summed E-state index contributed by atoms with van der Waals surface area (Å²) in [5, 5.41) is 0. The fourth-order valence-corrected chi connectivity index (χ4v) is 2.96. The number of likely N-dealkylation sites (tertiary alicyclic amines) is 1. The topological polar surface area (TPSA) is 38.5 Å². The van der Waals surface area contributed by atoms with Crippen molar-refractivity contribution in [1.82, 2.24) is 4.90 Å². The summed E-state index contributed by atoms with van der Waals surface area (Å²) in [6.07, 6.45) is 5.09. The molecule has 3 nitrogen and oxygen atoms in total. The Morgan fingerprint density at radius 1 is 1.40 bits per heavy atom. The molecule has 2 rings (SSSR count). The van der Waals surface area contributed by atoms with E-state index < -0.39 is 0 Å². The van der Waals surface area contributed by atoms with Crippen molar-refractivity contribution in [3.8, 4) is 5.75 Å². The Morgan fingerprint density at radius 2 is 2.20 bits per heavy atom. The van der Waals surface area contributed by atoms with E-state index in [1.165, 1.54) is 31.4 Å². The number of piperidine rings is 1. The minimum absolute atomic E-state index is 0.0166. The second-order valence-electron chi connectivity index (χ2n) is 6.10. The quantitative estimate of drug-likeness (QED) is 0.897. The lowest BCUT2D eigenvalue weighted by molar-refractivity contribution is 0.152. The van der Waals surface area contributed by atoms with Gasteiger partial charge in [0.2, 0.25) is 0 Å². The van der Waals surface area contributed by atoms with Crippen molar-refractivity contribution in [2.45, 2.75) is 51.6 Å². The SMILES string of the molecule is Cc1ccc([C@@H](C)N)c(OCCC2CCCCN2C)c1. The second kappa shape index (κ2) is 7.09. The number of hydrogen-bond acceptors (Lipinski definition) is 3. The standard InChI is InChI=1S/C17H28N2O/c1-13-7-8-16(14(2)18)17(12-13)20-11-9-15-6-4-5-10-19(15)3/h7-8,12,14-15H,4-6,9-11,18H2,1-3H3/t14-,15?/m1/s1. The number of nitrogens with zero attached hydrogens (tertiary/aromatic N) is 1. The Labute approximate surface area is 123 Å². The van der Waals surface area contributed by atoms with Gasteiger partial charge in [-0.3, -0.25) is 0 Å². The lowest BCUT2D eigenvalue weighted by atomic mass is 10.0. The summed E-state index contributed by atoms with van der Waals surface area (Å²) < 4.78 is 6.02. The van der Waals surface area contributed by atoms with Gasteiger partial charge in [0.15, 0.2) is 0 Å². The fraction of sp³-hybridized carbons (Fsp3) is 0.647. The molecular weight excluding hydrogens is 248 g/mol. The molecule has 1 aliphatic heterocycles. The van der Waals surface area contributed by atoms with Crippen LogP contribution in [0.4, 0.5) is 0 Å². The highest BCUT2D eigenvalue weighted by Crippen LogP contribution is 2.26. The summed E-state index contributed by atoms with van der Waals surface area (Å²) in [5.41, 5.74) is 8.34. The number of hydrogen-bond donors (Lipinski definition) is 1. The van der Waals surface area contributed by atoms with E-state index in [1.54, 1.807) is 0 Å². The molecule has 0 bridgehead atoms. The fourth-order valence-electron chi connectivity index (χ4n) is 2.96. The first kappa shape index (κ1) is 15.3. The van der Waals surface area contributed by atoms with Crippen LogP contribution >= 0.6 is 0 Å². The van der Waals surface area contributed by atoms with Crippen molar-refractivity contribution in [3.05, 3.63) is 29.3 Å². The third-order valence-corrected chi connectivity index (χ3v) is 4.29. The Kier molecular flexibility index (Phi) is 5.44. The molecule has 1 aliphatic rings. The van der Waals surface area contributed by atoms with Gasteiger partial charge in [-0.1, -0.05) is 18.6 Å². The highest BCUT2D eigenvalue weighted by molar-refractivity contribution is 5.38. The molecule has 3 heteroatoms. The van der Waals surface area contributed by atoms with Crippen LogP contribution < -0.4 is 10.5 Å². The highest BCUT2D eigenvalue weighted by Gasteiger charge is 2.18. The molecule has 1 heterocycles. The van der Waals surface area contributed by atoms with Crippen LogP contribution in [-0.4, -0.2) is 31.1 Å². The molecule has 1 aromatic carbocycles. The van der Waals surface area contributed by atoms with Gasteiger partial charge in [-0.25, -0.2) is 0 Å². The first-order valence-electron chi connectivity index (χ1n) is 7.77. The van der Waals surface area contributed by atoms with Gasteiger partial charge in [-0.15, -0.1) is 0 Å². The van der Waals surface area contributed by atoms with Crippen LogP contribution in [0.25, 0.3) is 0 Å². The van der Waals surface area contributed by atoms with E-state index >= 15 is 0 Å². The maximum atomic E-state index is 6.02. The molecular formula is C17H28N2O. The maximum Gasteiger partial charge on any atom is 0.124 e. The molecule has 0 aromatic heterocycles. The molecule has 20 heavy (non-hydrogen) atoms. The van der Waals surface area contributed by atoms with Crippen LogP contribution in [0.3, 0.4) is 0 Å². The summed E-state index contributed by atoms with van der Waals surface area (Å²) in [5.74, 6) is 0.957. The van der Waals surface area contributed by atoms with E-state index in [4.69, 9.17) is 10.5 Å². The first-order valence-corrected chi connectivity index (χ1v) is 7.77. The predicted octanol–water partition coefficient (Wildman–Crippen LogP) is 3.27. The van der Waals surface area contributed by atoms with Gasteiger partial charge in [0.1, 0.15) is 5.75 Å². The Morgan fingerprint density at radius 3 is 2.90 bits per heavy atom. The van der Waals surface area contributed by atoms with Crippen LogP contribution in [0.5, 0.6) is 5.75 Å². The number of ether oxygens (including phenoxy) is 1. The van der Waals surface area contributed by atoms with Crippen LogP contribution in [0, 0.1) is 6.92 Å². The summed E-state index contributed by atoms with van der Waals surface area (Å²) >= 11 is 0. The third-order valence-electron chi connectivity index (χ3n) is 4.29. The second-order valence-corrected chi connectivity index (χ2v) is 6.10. The zero-order chi connectivity index (χ0) is 14.5. The van der Waals surface area contributed by atoms with Gasteiger partial charge in [0.25, 0.3) is 0 Å². The van der Waals surface area contributed by atoms with Gasteiger partial charge < -0.3 is 15.4 Å². The highest BCUT2D eigenvalue weighted by atomic mass is 16.5. The Hall–Kier alpha value is -1.06. The molecule has 0 spiro atoms. The average molecular weight is 276 g/mol. The normalized spacial score (nSPS) is 21.7. The third kappa shape index (κ3) is 3.97. The summed E-state index contributed by atoms with van der Waals surface area (Å²) in [6, 6.07) is 6.97. The van der Waals surface area contributed by atoms with Crippen molar-refractivity contribution >= 4 is 0 Å². The monoisotopic (exact) mass is 276 g/mol. The molecule has 0 amide bonds. The number of benzene rings is 1. The van der Waals surface area contributed by atoms with E-state index in [0.29, 0.717) is 6.04 Å². The lowest BCUT2D eigenvalue weighted by Gasteiger charge is -2.32. The van der Waals surface area contributed by atoms with E-state index in [1.807, 2.05) is 6.92 Å². The molecule has 0 saturated carbocycles. The Balaban J connectivity index is 1.91. The molecule has 0 aliphatic carbocycles. The largest absolute Gasteiger partial charge is 0.493 e. The van der Waals surface area contributed by atoms with Crippen LogP contribution in [0.2, 0.25) is 0 Å². The van der Waals surface area contributed by atoms with E-state index in [-0.39, 0.29) is 6.04 Å². The number of rotatable bonds is 5. The zero-order valence-electron chi connectivity index (χ0n) is 13.1. The van der Waals surface area contributed by atoms with E-state index in [2.05, 4.69) is 37.1 Å². The van der Waals surface area contributed by atoms with Gasteiger partial charge >= 0.3 is 0 Å². The average Bonchev–Trinajstić information content (AvgIpc) is 2.41. The lowest BCUT2D eigenvalue weighted by Crippen LogP contribution is -2.37. The molecule has 1 aromatic rings. The van der Waals surface area contributed by atoms with Crippen LogP contribution in [-0.2, 0) is 0 Å². The zero-order valence-corrected chi connectivity index (χ0v) is 13.1. The van der Waals surface area contributed by atoms with Crippen molar-refractivity contribution in [1.29, 1.82) is 0 Å².